The molecule has 4 rings (SSSR count). The van der Waals surface area contributed by atoms with Gasteiger partial charge in [0.2, 0.25) is 11.7 Å². The molecule has 1 fully saturated rings. The second-order valence-corrected chi connectivity index (χ2v) is 9.91. The first-order valence-corrected chi connectivity index (χ1v) is 11.4. The Morgan fingerprint density at radius 2 is 2.04 bits per heavy atom. The SMILES string of the molecule is Cc1ccc(Cl)cc1NS(=O)(=O)c1cc(-c2noc(C3CCCC3)n2)cs1. The predicted octanol–water partition coefficient (Wildman–Crippen LogP) is 5.22. The van der Waals surface area contributed by atoms with E-state index in [1.165, 1.54) is 12.8 Å². The number of nitrogens with zero attached hydrogens (tertiary/aromatic N) is 2. The highest BCUT2D eigenvalue weighted by Crippen LogP contribution is 2.35. The summed E-state index contributed by atoms with van der Waals surface area (Å²) in [5.41, 5.74) is 1.89. The smallest absolute Gasteiger partial charge is 0.271 e. The largest absolute Gasteiger partial charge is 0.339 e. The number of nitrogens with one attached hydrogen (secondary N) is 1. The lowest BCUT2D eigenvalue weighted by atomic mass is 10.1. The molecule has 1 aliphatic carbocycles. The van der Waals surface area contributed by atoms with E-state index in [1.54, 1.807) is 29.6 Å². The average molecular weight is 424 g/mol. The number of anilines is 1. The molecule has 142 valence electrons. The maximum atomic E-state index is 12.7. The maximum absolute atomic E-state index is 12.7. The number of hydrogen-bond acceptors (Lipinski definition) is 6. The molecule has 0 aliphatic heterocycles. The van der Waals surface area contributed by atoms with E-state index in [-0.39, 0.29) is 4.21 Å². The Kier molecular flexibility index (Phi) is 4.96. The molecular formula is C18H18ClN3O3S2. The normalized spacial score (nSPS) is 15.3. The van der Waals surface area contributed by atoms with Crippen molar-refractivity contribution in [3.8, 4) is 11.4 Å². The van der Waals surface area contributed by atoms with Crippen LogP contribution >= 0.6 is 22.9 Å². The fourth-order valence-electron chi connectivity index (χ4n) is 3.17. The molecule has 1 aliphatic rings. The highest BCUT2D eigenvalue weighted by molar-refractivity contribution is 7.94. The van der Waals surface area contributed by atoms with Gasteiger partial charge in [-0.2, -0.15) is 4.98 Å². The Labute approximate surface area is 166 Å². The molecule has 6 nitrogen and oxygen atoms in total. The van der Waals surface area contributed by atoms with Crippen molar-refractivity contribution in [2.75, 3.05) is 4.72 Å². The first-order valence-electron chi connectivity index (χ1n) is 8.64. The third kappa shape index (κ3) is 3.88. The lowest BCUT2D eigenvalue weighted by Gasteiger charge is -2.09. The molecular weight excluding hydrogens is 406 g/mol. The van der Waals surface area contributed by atoms with Crippen LogP contribution in [0.2, 0.25) is 5.02 Å². The summed E-state index contributed by atoms with van der Waals surface area (Å²) in [7, 11) is -3.72. The fraction of sp³-hybridized carbons (Fsp3) is 0.333. The second-order valence-electron chi connectivity index (χ2n) is 6.66. The van der Waals surface area contributed by atoms with E-state index in [1.807, 2.05) is 6.92 Å². The zero-order valence-corrected chi connectivity index (χ0v) is 17.0. The summed E-state index contributed by atoms with van der Waals surface area (Å²) in [5.74, 6) is 1.39. The molecule has 0 unspecified atom stereocenters. The summed E-state index contributed by atoms with van der Waals surface area (Å²) in [5, 5.41) is 6.22. The van der Waals surface area contributed by atoms with Crippen molar-refractivity contribution in [1.29, 1.82) is 0 Å². The van der Waals surface area contributed by atoms with E-state index < -0.39 is 10.0 Å². The quantitative estimate of drug-likeness (QED) is 0.608. The van der Waals surface area contributed by atoms with Crippen LogP contribution in [0.3, 0.4) is 0 Å². The van der Waals surface area contributed by atoms with Crippen LogP contribution in [0.25, 0.3) is 11.4 Å². The first kappa shape index (κ1) is 18.5. The van der Waals surface area contributed by atoms with Gasteiger partial charge in [0, 0.05) is 21.9 Å². The molecule has 3 aromatic rings. The van der Waals surface area contributed by atoms with Gasteiger partial charge in [-0.25, -0.2) is 8.42 Å². The predicted molar refractivity (Wildman–Crippen MR) is 106 cm³/mol. The summed E-state index contributed by atoms with van der Waals surface area (Å²) in [4.78, 5) is 4.46. The minimum atomic E-state index is -3.72. The second kappa shape index (κ2) is 7.26. The minimum absolute atomic E-state index is 0.184. The Balaban J connectivity index is 1.57. The van der Waals surface area contributed by atoms with Crippen molar-refractivity contribution in [3.63, 3.8) is 0 Å². The van der Waals surface area contributed by atoms with E-state index in [9.17, 15) is 8.42 Å². The van der Waals surface area contributed by atoms with Gasteiger partial charge in [0.15, 0.2) is 0 Å². The Morgan fingerprint density at radius 1 is 1.26 bits per heavy atom. The summed E-state index contributed by atoms with van der Waals surface area (Å²) in [6.07, 6.45) is 4.48. The third-order valence-corrected chi connectivity index (χ3v) is 7.73. The topological polar surface area (TPSA) is 85.1 Å². The molecule has 2 aromatic heterocycles. The van der Waals surface area contributed by atoms with Crippen molar-refractivity contribution in [2.24, 2.45) is 0 Å². The van der Waals surface area contributed by atoms with E-state index >= 15 is 0 Å². The van der Waals surface area contributed by atoms with Crippen molar-refractivity contribution in [1.82, 2.24) is 10.1 Å². The number of rotatable bonds is 5. The van der Waals surface area contributed by atoms with Crippen LogP contribution in [0.4, 0.5) is 5.69 Å². The molecule has 0 spiro atoms. The molecule has 1 saturated carbocycles. The summed E-state index contributed by atoms with van der Waals surface area (Å²) in [6.45, 7) is 1.82. The Hall–Kier alpha value is -1.90. The van der Waals surface area contributed by atoms with Gasteiger partial charge >= 0.3 is 0 Å². The number of sulfonamides is 1. The first-order chi connectivity index (χ1) is 12.9. The van der Waals surface area contributed by atoms with Crippen molar-refractivity contribution in [2.45, 2.75) is 42.7 Å². The van der Waals surface area contributed by atoms with Crippen LogP contribution in [0.15, 0.2) is 38.4 Å². The highest BCUT2D eigenvalue weighted by atomic mass is 35.5. The maximum Gasteiger partial charge on any atom is 0.271 e. The third-order valence-electron chi connectivity index (χ3n) is 4.69. The van der Waals surface area contributed by atoms with E-state index in [2.05, 4.69) is 14.9 Å². The van der Waals surface area contributed by atoms with Crippen LogP contribution < -0.4 is 4.72 Å². The van der Waals surface area contributed by atoms with Crippen LogP contribution in [0.5, 0.6) is 0 Å². The zero-order chi connectivity index (χ0) is 19.0. The number of benzene rings is 1. The molecule has 0 saturated heterocycles. The molecule has 1 N–H and O–H groups in total. The Bertz CT molecular complexity index is 1070. The van der Waals surface area contributed by atoms with Crippen LogP contribution in [-0.2, 0) is 10.0 Å². The zero-order valence-electron chi connectivity index (χ0n) is 14.6. The van der Waals surface area contributed by atoms with Crippen molar-refractivity contribution >= 4 is 38.6 Å². The lowest BCUT2D eigenvalue weighted by Crippen LogP contribution is -2.12. The molecule has 1 aromatic carbocycles. The number of aryl methyl sites for hydroxylation is 1. The minimum Gasteiger partial charge on any atom is -0.339 e. The lowest BCUT2D eigenvalue weighted by molar-refractivity contribution is 0.354. The van der Waals surface area contributed by atoms with E-state index in [0.717, 1.165) is 29.7 Å². The van der Waals surface area contributed by atoms with Gasteiger partial charge in [0.05, 0.1) is 5.69 Å². The summed E-state index contributed by atoms with van der Waals surface area (Å²) < 4.78 is 33.6. The van der Waals surface area contributed by atoms with Gasteiger partial charge < -0.3 is 4.52 Å². The molecule has 0 radical (unpaired) electrons. The van der Waals surface area contributed by atoms with Crippen molar-refractivity contribution in [3.05, 3.63) is 46.1 Å². The van der Waals surface area contributed by atoms with Gasteiger partial charge in [-0.05, 0) is 43.5 Å². The van der Waals surface area contributed by atoms with Gasteiger partial charge in [-0.15, -0.1) is 11.3 Å². The highest BCUT2D eigenvalue weighted by Gasteiger charge is 2.24. The number of thiophene rings is 1. The van der Waals surface area contributed by atoms with Gasteiger partial charge in [0.1, 0.15) is 4.21 Å². The summed E-state index contributed by atoms with van der Waals surface area (Å²) >= 11 is 7.09. The monoisotopic (exact) mass is 423 g/mol. The molecule has 0 bridgehead atoms. The molecule has 27 heavy (non-hydrogen) atoms. The van der Waals surface area contributed by atoms with Crippen LogP contribution in [0, 0.1) is 6.92 Å². The molecule has 0 atom stereocenters. The Morgan fingerprint density at radius 3 is 2.81 bits per heavy atom. The standard InChI is InChI=1S/C18H18ClN3O3S2/c1-11-6-7-14(19)9-15(11)22-27(23,24)16-8-13(10-26-16)17-20-18(25-21-17)12-4-2-3-5-12/h6-10,12,22H,2-5H2,1H3. The fourth-order valence-corrected chi connectivity index (χ4v) is 5.62. The number of halogens is 1. The van der Waals surface area contributed by atoms with Crippen LogP contribution in [-0.4, -0.2) is 18.6 Å². The molecule has 9 heteroatoms. The number of hydrogen-bond donors (Lipinski definition) is 1. The molecule has 0 amide bonds. The van der Waals surface area contributed by atoms with Crippen LogP contribution in [0.1, 0.15) is 43.1 Å². The number of aromatic nitrogens is 2. The average Bonchev–Trinajstić information content (AvgIpc) is 3.38. The van der Waals surface area contributed by atoms with E-state index in [0.29, 0.717) is 33.9 Å². The van der Waals surface area contributed by atoms with Gasteiger partial charge in [-0.3, -0.25) is 4.72 Å². The van der Waals surface area contributed by atoms with E-state index in [4.69, 9.17) is 16.1 Å². The van der Waals surface area contributed by atoms with Crippen molar-refractivity contribution < 1.29 is 12.9 Å². The molecule has 2 heterocycles. The van der Waals surface area contributed by atoms with Gasteiger partial charge in [-0.1, -0.05) is 35.7 Å². The van der Waals surface area contributed by atoms with Gasteiger partial charge in [0.25, 0.3) is 10.0 Å². The summed E-state index contributed by atoms with van der Waals surface area (Å²) in [6, 6.07) is 6.65.